The fourth-order valence-corrected chi connectivity index (χ4v) is 2.00. The number of carbonyl (C=O) groups excluding carboxylic acids is 1. The van der Waals surface area contributed by atoms with Crippen LogP contribution in [-0.2, 0) is 29.0 Å². The maximum atomic E-state index is 11.4. The number of ether oxygens (including phenoxy) is 1. The lowest BCUT2D eigenvalue weighted by molar-refractivity contribution is -0.120. The van der Waals surface area contributed by atoms with Crippen molar-refractivity contribution >= 4 is 5.91 Å². The Hall–Kier alpha value is -2.24. The molecule has 0 aliphatic rings. The number of aromatic nitrogens is 1. The van der Waals surface area contributed by atoms with Crippen LogP contribution in [0.1, 0.15) is 16.8 Å². The van der Waals surface area contributed by atoms with Crippen LogP contribution in [0.4, 0.5) is 0 Å². The van der Waals surface area contributed by atoms with Crippen LogP contribution in [0.2, 0.25) is 0 Å². The highest BCUT2D eigenvalue weighted by Crippen LogP contribution is 2.11. The fraction of sp³-hybridized carbons (Fsp3) is 0.250. The summed E-state index contributed by atoms with van der Waals surface area (Å²) in [6, 6.07) is 13.5. The molecule has 0 atom stereocenters. The summed E-state index contributed by atoms with van der Waals surface area (Å²) in [5, 5.41) is 0. The predicted molar refractivity (Wildman–Crippen MR) is 80.1 cm³/mol. The average Bonchev–Trinajstić information content (AvgIpc) is 2.54. The van der Waals surface area contributed by atoms with Gasteiger partial charge in [0.05, 0.1) is 19.6 Å². The van der Waals surface area contributed by atoms with Crippen molar-refractivity contribution < 1.29 is 9.53 Å². The molecular formula is C16H19N3O2. The van der Waals surface area contributed by atoms with E-state index in [1.807, 2.05) is 42.5 Å². The highest BCUT2D eigenvalue weighted by atomic mass is 16.5. The lowest BCUT2D eigenvalue weighted by atomic mass is 10.1. The Balaban J connectivity index is 1.84. The van der Waals surface area contributed by atoms with Gasteiger partial charge in [0.1, 0.15) is 0 Å². The molecule has 0 aliphatic carbocycles. The van der Waals surface area contributed by atoms with Gasteiger partial charge in [-0.15, -0.1) is 0 Å². The Morgan fingerprint density at radius 1 is 1.14 bits per heavy atom. The third-order valence-electron chi connectivity index (χ3n) is 3.12. The molecule has 0 unspecified atom stereocenters. The summed E-state index contributed by atoms with van der Waals surface area (Å²) in [5.74, 6) is 4.91. The molecule has 0 saturated carbocycles. The summed E-state index contributed by atoms with van der Waals surface area (Å²) in [6.45, 7) is 1.06. The zero-order chi connectivity index (χ0) is 14.9. The number of amides is 1. The number of benzene rings is 1. The van der Waals surface area contributed by atoms with Crippen LogP contribution in [-0.4, -0.2) is 17.5 Å². The van der Waals surface area contributed by atoms with Crippen molar-refractivity contribution in [3.05, 3.63) is 65.5 Å². The van der Waals surface area contributed by atoms with Gasteiger partial charge in [0.2, 0.25) is 5.91 Å². The van der Waals surface area contributed by atoms with Gasteiger partial charge in [0.25, 0.3) is 0 Å². The third-order valence-corrected chi connectivity index (χ3v) is 3.12. The van der Waals surface area contributed by atoms with E-state index in [0.717, 1.165) is 23.2 Å². The maximum absolute atomic E-state index is 11.4. The van der Waals surface area contributed by atoms with Crippen LogP contribution in [0.15, 0.2) is 48.7 Å². The molecule has 1 amide bonds. The first kappa shape index (κ1) is 15.2. The first-order valence-corrected chi connectivity index (χ1v) is 6.83. The molecule has 2 aromatic rings. The second kappa shape index (κ2) is 8.14. The quantitative estimate of drug-likeness (QED) is 0.349. The summed E-state index contributed by atoms with van der Waals surface area (Å²) >= 11 is 0. The second-order valence-electron chi connectivity index (χ2n) is 4.64. The molecule has 5 heteroatoms. The zero-order valence-corrected chi connectivity index (χ0v) is 11.8. The molecule has 0 fully saturated rings. The minimum absolute atomic E-state index is 0.212. The number of nitrogens with two attached hydrogens (primary N) is 1. The molecule has 0 spiro atoms. The molecule has 0 aliphatic heterocycles. The van der Waals surface area contributed by atoms with Gasteiger partial charge in [-0.1, -0.05) is 30.3 Å². The smallest absolute Gasteiger partial charge is 0.238 e. The van der Waals surface area contributed by atoms with Crippen molar-refractivity contribution in [2.75, 3.05) is 6.61 Å². The summed E-state index contributed by atoms with van der Waals surface area (Å²) in [5.41, 5.74) is 5.08. The molecule has 0 saturated heterocycles. The van der Waals surface area contributed by atoms with E-state index in [1.54, 1.807) is 6.20 Å². The molecule has 2 rings (SSSR count). The van der Waals surface area contributed by atoms with Gasteiger partial charge in [-0.2, -0.15) is 0 Å². The van der Waals surface area contributed by atoms with Crippen LogP contribution >= 0.6 is 0 Å². The number of carbonyl (C=O) groups is 1. The van der Waals surface area contributed by atoms with E-state index in [9.17, 15) is 4.79 Å². The highest BCUT2D eigenvalue weighted by molar-refractivity contribution is 5.78. The highest BCUT2D eigenvalue weighted by Gasteiger charge is 2.06. The molecule has 0 radical (unpaired) electrons. The van der Waals surface area contributed by atoms with Crippen LogP contribution in [0, 0.1) is 0 Å². The normalized spacial score (nSPS) is 10.3. The number of nitrogens with one attached hydrogen (secondary N) is 1. The van der Waals surface area contributed by atoms with Crippen LogP contribution in [0.5, 0.6) is 0 Å². The Morgan fingerprint density at radius 3 is 2.62 bits per heavy atom. The Kier molecular flexibility index (Phi) is 5.87. The molecule has 1 aromatic carbocycles. The lowest BCUT2D eigenvalue weighted by Gasteiger charge is -2.09. The van der Waals surface area contributed by atoms with Crippen molar-refractivity contribution in [3.8, 4) is 0 Å². The van der Waals surface area contributed by atoms with E-state index in [0.29, 0.717) is 13.2 Å². The first-order chi connectivity index (χ1) is 10.3. The Bertz CT molecular complexity index is 573. The van der Waals surface area contributed by atoms with Crippen molar-refractivity contribution in [1.29, 1.82) is 0 Å². The molecule has 21 heavy (non-hydrogen) atoms. The van der Waals surface area contributed by atoms with Gasteiger partial charge in [-0.25, -0.2) is 5.84 Å². The lowest BCUT2D eigenvalue weighted by Crippen LogP contribution is -2.31. The van der Waals surface area contributed by atoms with Crippen LogP contribution in [0.25, 0.3) is 0 Å². The van der Waals surface area contributed by atoms with Crippen molar-refractivity contribution in [2.24, 2.45) is 5.84 Å². The van der Waals surface area contributed by atoms with E-state index < -0.39 is 0 Å². The molecule has 0 bridgehead atoms. The maximum Gasteiger partial charge on any atom is 0.238 e. The summed E-state index contributed by atoms with van der Waals surface area (Å²) in [7, 11) is 0. The summed E-state index contributed by atoms with van der Waals surface area (Å²) in [6.07, 6.45) is 2.80. The minimum atomic E-state index is -0.212. The molecule has 5 nitrogen and oxygen atoms in total. The van der Waals surface area contributed by atoms with E-state index >= 15 is 0 Å². The van der Waals surface area contributed by atoms with E-state index in [4.69, 9.17) is 10.6 Å². The van der Waals surface area contributed by atoms with Crippen LogP contribution < -0.4 is 11.3 Å². The number of rotatable bonds is 7. The third kappa shape index (κ3) is 4.98. The molecule has 3 N–H and O–H groups in total. The van der Waals surface area contributed by atoms with E-state index in [2.05, 4.69) is 10.4 Å². The van der Waals surface area contributed by atoms with Gasteiger partial charge in [-0.05, 0) is 23.3 Å². The number of hydrazine groups is 1. The molecular weight excluding hydrogens is 266 g/mol. The standard InChI is InChI=1S/C16H19N3O2/c17-19-16(20)11-13-5-1-2-6-14(13)12-21-10-8-15-7-3-4-9-18-15/h1-7,9H,8,10-12,17H2,(H,19,20). The van der Waals surface area contributed by atoms with Crippen LogP contribution in [0.3, 0.4) is 0 Å². The van der Waals surface area contributed by atoms with Gasteiger partial charge < -0.3 is 4.74 Å². The molecule has 1 heterocycles. The molecule has 110 valence electrons. The van der Waals surface area contributed by atoms with Crippen molar-refractivity contribution in [2.45, 2.75) is 19.4 Å². The van der Waals surface area contributed by atoms with E-state index in [-0.39, 0.29) is 12.3 Å². The van der Waals surface area contributed by atoms with Gasteiger partial charge >= 0.3 is 0 Å². The zero-order valence-electron chi connectivity index (χ0n) is 11.8. The monoisotopic (exact) mass is 285 g/mol. The predicted octanol–water partition coefficient (Wildman–Crippen LogP) is 1.37. The van der Waals surface area contributed by atoms with Gasteiger partial charge in [0.15, 0.2) is 0 Å². The first-order valence-electron chi connectivity index (χ1n) is 6.83. The SMILES string of the molecule is NNC(=O)Cc1ccccc1COCCc1ccccn1. The summed E-state index contributed by atoms with van der Waals surface area (Å²) < 4.78 is 5.68. The average molecular weight is 285 g/mol. The topological polar surface area (TPSA) is 77.2 Å². The number of hydrogen-bond acceptors (Lipinski definition) is 4. The largest absolute Gasteiger partial charge is 0.376 e. The molecule has 1 aromatic heterocycles. The number of hydrogen-bond donors (Lipinski definition) is 2. The Morgan fingerprint density at radius 2 is 1.90 bits per heavy atom. The Labute approximate surface area is 124 Å². The summed E-state index contributed by atoms with van der Waals surface area (Å²) in [4.78, 5) is 15.6. The number of nitrogens with zero attached hydrogens (tertiary/aromatic N) is 1. The van der Waals surface area contributed by atoms with E-state index in [1.165, 1.54) is 0 Å². The minimum Gasteiger partial charge on any atom is -0.376 e. The second-order valence-corrected chi connectivity index (χ2v) is 4.64. The fourth-order valence-electron chi connectivity index (χ4n) is 2.00. The van der Waals surface area contributed by atoms with Crippen molar-refractivity contribution in [1.82, 2.24) is 10.4 Å². The van der Waals surface area contributed by atoms with Crippen molar-refractivity contribution in [3.63, 3.8) is 0 Å². The number of pyridine rings is 1. The van der Waals surface area contributed by atoms with Gasteiger partial charge in [0, 0.05) is 18.3 Å². The van der Waals surface area contributed by atoms with Gasteiger partial charge in [-0.3, -0.25) is 15.2 Å².